The third-order valence-corrected chi connectivity index (χ3v) is 4.51. The molecular weight excluding hydrogens is 210 g/mol. The van der Waals surface area contributed by atoms with Crippen LogP contribution in [-0.4, -0.2) is 22.9 Å². The third kappa shape index (κ3) is 2.13. The monoisotopic (exact) mass is 233 g/mol. The minimum atomic E-state index is 0.694. The molecule has 1 aromatic rings. The Labute approximate surface area is 104 Å². The molecule has 1 aliphatic carbocycles. The lowest BCUT2D eigenvalue weighted by atomic mass is 9.82. The average molecular weight is 233 g/mol. The fraction of sp³-hybridized carbons (Fsp3) is 0.786. The van der Waals surface area contributed by atoms with Crippen LogP contribution < -0.4 is 5.32 Å². The first-order valence-corrected chi connectivity index (χ1v) is 7.09. The molecule has 3 nitrogen and oxygen atoms in total. The molecule has 1 unspecified atom stereocenters. The lowest BCUT2D eigenvalue weighted by Gasteiger charge is -2.23. The molecule has 1 aromatic heterocycles. The Kier molecular flexibility index (Phi) is 3.19. The smallest absolute Gasteiger partial charge is 0.0527 e. The number of hydrogen-bond acceptors (Lipinski definition) is 2. The van der Waals surface area contributed by atoms with E-state index < -0.39 is 0 Å². The van der Waals surface area contributed by atoms with Crippen molar-refractivity contribution in [3.63, 3.8) is 0 Å². The van der Waals surface area contributed by atoms with Crippen LogP contribution in [0.3, 0.4) is 0 Å². The van der Waals surface area contributed by atoms with Crippen LogP contribution in [0, 0.1) is 0 Å². The van der Waals surface area contributed by atoms with Gasteiger partial charge in [-0.05, 0) is 37.3 Å². The van der Waals surface area contributed by atoms with Crippen LogP contribution in [0.4, 0.5) is 0 Å². The quantitative estimate of drug-likeness (QED) is 0.850. The first kappa shape index (κ1) is 11.3. The molecule has 0 radical (unpaired) electrons. The molecule has 1 aliphatic heterocycles. The topological polar surface area (TPSA) is 29.9 Å². The van der Waals surface area contributed by atoms with E-state index in [2.05, 4.69) is 28.3 Å². The lowest BCUT2D eigenvalue weighted by molar-refractivity contribution is 0.438. The number of aryl methyl sites for hydroxylation is 1. The van der Waals surface area contributed by atoms with Gasteiger partial charge in [0.15, 0.2) is 0 Å². The summed E-state index contributed by atoms with van der Waals surface area (Å²) in [5, 5.41) is 8.00. The first-order valence-electron chi connectivity index (χ1n) is 7.09. The van der Waals surface area contributed by atoms with Gasteiger partial charge in [-0.1, -0.05) is 19.3 Å². The van der Waals surface area contributed by atoms with E-state index in [9.17, 15) is 0 Å². The molecule has 0 amide bonds. The second-order valence-corrected chi connectivity index (χ2v) is 5.63. The van der Waals surface area contributed by atoms with Crippen molar-refractivity contribution in [2.45, 2.75) is 50.4 Å². The predicted molar refractivity (Wildman–Crippen MR) is 69.3 cm³/mol. The van der Waals surface area contributed by atoms with Crippen LogP contribution in [0.1, 0.15) is 61.6 Å². The van der Waals surface area contributed by atoms with Crippen LogP contribution in [0.2, 0.25) is 0 Å². The molecule has 94 valence electrons. The highest BCUT2D eigenvalue weighted by Gasteiger charge is 2.27. The molecule has 2 aliphatic rings. The third-order valence-electron chi connectivity index (χ3n) is 4.51. The van der Waals surface area contributed by atoms with Crippen molar-refractivity contribution in [1.29, 1.82) is 0 Å². The molecule has 3 heteroatoms. The lowest BCUT2D eigenvalue weighted by Crippen LogP contribution is -2.14. The van der Waals surface area contributed by atoms with Gasteiger partial charge in [0.25, 0.3) is 0 Å². The van der Waals surface area contributed by atoms with Gasteiger partial charge >= 0.3 is 0 Å². The van der Waals surface area contributed by atoms with E-state index in [1.807, 2.05) is 0 Å². The molecule has 0 aromatic carbocycles. The van der Waals surface area contributed by atoms with Gasteiger partial charge in [-0.2, -0.15) is 5.10 Å². The normalized spacial score (nSPS) is 26.5. The van der Waals surface area contributed by atoms with Gasteiger partial charge in [0, 0.05) is 25.2 Å². The first-order chi connectivity index (χ1) is 8.36. The summed E-state index contributed by atoms with van der Waals surface area (Å²) >= 11 is 0. The molecule has 0 spiro atoms. The number of nitrogens with zero attached hydrogens (tertiary/aromatic N) is 2. The molecule has 1 atom stereocenters. The summed E-state index contributed by atoms with van der Waals surface area (Å²) in [6.45, 7) is 2.30. The van der Waals surface area contributed by atoms with Crippen molar-refractivity contribution in [3.05, 3.63) is 17.5 Å². The van der Waals surface area contributed by atoms with Crippen LogP contribution in [0.5, 0.6) is 0 Å². The molecule has 3 rings (SSSR count). The minimum absolute atomic E-state index is 0.694. The largest absolute Gasteiger partial charge is 0.316 e. The van der Waals surface area contributed by atoms with Crippen molar-refractivity contribution in [2.75, 3.05) is 13.1 Å². The molecule has 0 bridgehead atoms. The number of hydrogen-bond donors (Lipinski definition) is 1. The molecule has 2 fully saturated rings. The Bertz CT molecular complexity index is 371. The predicted octanol–water partition coefficient (Wildman–Crippen LogP) is 2.54. The van der Waals surface area contributed by atoms with E-state index in [0.717, 1.165) is 12.5 Å². The maximum absolute atomic E-state index is 4.53. The summed E-state index contributed by atoms with van der Waals surface area (Å²) in [6, 6.07) is 0. The minimum Gasteiger partial charge on any atom is -0.316 e. The van der Waals surface area contributed by atoms with E-state index in [0.29, 0.717) is 5.92 Å². The number of nitrogens with one attached hydrogen (secondary N) is 1. The molecule has 1 N–H and O–H groups in total. The fourth-order valence-electron chi connectivity index (χ4n) is 3.58. The molecule has 17 heavy (non-hydrogen) atoms. The second kappa shape index (κ2) is 4.81. The van der Waals surface area contributed by atoms with E-state index in [-0.39, 0.29) is 0 Å². The Morgan fingerprint density at radius 3 is 2.71 bits per heavy atom. The molecule has 2 heterocycles. The summed E-state index contributed by atoms with van der Waals surface area (Å²) in [5.41, 5.74) is 3.07. The van der Waals surface area contributed by atoms with E-state index in [1.165, 1.54) is 50.8 Å². The summed E-state index contributed by atoms with van der Waals surface area (Å²) in [6.07, 6.45) is 10.4. The number of aromatic nitrogens is 2. The van der Waals surface area contributed by atoms with Gasteiger partial charge in [0.1, 0.15) is 0 Å². The zero-order chi connectivity index (χ0) is 11.7. The Morgan fingerprint density at radius 1 is 1.18 bits per heavy atom. The standard InChI is InChI=1S/C14H23N3/c1-17-14(12-7-8-15-9-12)13(10-16-17)11-5-3-2-4-6-11/h10-12,15H,2-9H2,1H3. The van der Waals surface area contributed by atoms with Gasteiger partial charge in [-0.15, -0.1) is 0 Å². The van der Waals surface area contributed by atoms with Crippen LogP contribution in [-0.2, 0) is 7.05 Å². The van der Waals surface area contributed by atoms with E-state index in [1.54, 1.807) is 5.56 Å². The molecule has 1 saturated carbocycles. The van der Waals surface area contributed by atoms with Crippen LogP contribution in [0.15, 0.2) is 6.20 Å². The second-order valence-electron chi connectivity index (χ2n) is 5.63. The zero-order valence-electron chi connectivity index (χ0n) is 10.8. The molecular formula is C14H23N3. The Morgan fingerprint density at radius 2 is 2.00 bits per heavy atom. The Balaban J connectivity index is 1.87. The summed E-state index contributed by atoms with van der Waals surface area (Å²) in [5.74, 6) is 1.48. The zero-order valence-corrected chi connectivity index (χ0v) is 10.8. The highest BCUT2D eigenvalue weighted by Crippen LogP contribution is 2.37. The van der Waals surface area contributed by atoms with Crippen molar-refractivity contribution in [1.82, 2.24) is 15.1 Å². The van der Waals surface area contributed by atoms with Crippen molar-refractivity contribution < 1.29 is 0 Å². The number of rotatable bonds is 2. The molecule has 1 saturated heterocycles. The highest BCUT2D eigenvalue weighted by molar-refractivity contribution is 5.27. The van der Waals surface area contributed by atoms with E-state index >= 15 is 0 Å². The summed E-state index contributed by atoms with van der Waals surface area (Å²) in [4.78, 5) is 0. The van der Waals surface area contributed by atoms with Crippen LogP contribution in [0.25, 0.3) is 0 Å². The van der Waals surface area contributed by atoms with E-state index in [4.69, 9.17) is 0 Å². The Hall–Kier alpha value is -0.830. The van der Waals surface area contributed by atoms with Gasteiger partial charge in [0.05, 0.1) is 6.20 Å². The average Bonchev–Trinajstić information content (AvgIpc) is 2.99. The van der Waals surface area contributed by atoms with Gasteiger partial charge in [-0.3, -0.25) is 4.68 Å². The summed E-state index contributed by atoms with van der Waals surface area (Å²) in [7, 11) is 2.11. The summed E-state index contributed by atoms with van der Waals surface area (Å²) < 4.78 is 2.13. The SMILES string of the molecule is Cn1ncc(C2CCCCC2)c1C1CCNC1. The highest BCUT2D eigenvalue weighted by atomic mass is 15.3. The van der Waals surface area contributed by atoms with Crippen LogP contribution >= 0.6 is 0 Å². The maximum Gasteiger partial charge on any atom is 0.0527 e. The van der Waals surface area contributed by atoms with Crippen molar-refractivity contribution >= 4 is 0 Å². The van der Waals surface area contributed by atoms with Crippen molar-refractivity contribution in [2.24, 2.45) is 7.05 Å². The maximum atomic E-state index is 4.53. The van der Waals surface area contributed by atoms with Gasteiger partial charge in [-0.25, -0.2) is 0 Å². The van der Waals surface area contributed by atoms with Crippen molar-refractivity contribution in [3.8, 4) is 0 Å². The fourth-order valence-corrected chi connectivity index (χ4v) is 3.58. The van der Waals surface area contributed by atoms with Gasteiger partial charge in [0.2, 0.25) is 0 Å². The van der Waals surface area contributed by atoms with Gasteiger partial charge < -0.3 is 5.32 Å².